The van der Waals surface area contributed by atoms with Gasteiger partial charge in [0.1, 0.15) is 5.38 Å². The smallest absolute Gasteiger partial charge is 0.325 e. The van der Waals surface area contributed by atoms with Crippen LogP contribution in [0.15, 0.2) is 0 Å². The van der Waals surface area contributed by atoms with Crippen LogP contribution in [0.2, 0.25) is 0 Å². The summed E-state index contributed by atoms with van der Waals surface area (Å²) in [7, 11) is 1.27. The summed E-state index contributed by atoms with van der Waals surface area (Å²) in [6.45, 7) is 0.129. The van der Waals surface area contributed by atoms with E-state index in [1.54, 1.807) is 11.8 Å². The first-order chi connectivity index (χ1) is 7.15. The maximum absolute atomic E-state index is 11.5. The number of hydrogen-bond acceptors (Lipinski definition) is 4. The molecule has 1 rings (SSSR count). The lowest BCUT2D eigenvalue weighted by Crippen LogP contribution is -2.38. The van der Waals surface area contributed by atoms with E-state index in [1.165, 1.54) is 7.11 Å². The number of carbonyl (C=O) groups is 2. The highest BCUT2D eigenvalue weighted by molar-refractivity contribution is 8.00. The molecule has 0 radical (unpaired) electrons. The number of rotatable bonds is 4. The molecule has 0 aliphatic carbocycles. The van der Waals surface area contributed by atoms with Gasteiger partial charge < -0.3 is 10.1 Å². The van der Waals surface area contributed by atoms with Crippen molar-refractivity contribution in [1.82, 2.24) is 5.32 Å². The summed E-state index contributed by atoms with van der Waals surface area (Å²) in [6.07, 6.45) is 1.98. The fraction of sp³-hybridized carbons (Fsp3) is 0.778. The number of alkyl halides is 1. The van der Waals surface area contributed by atoms with Crippen molar-refractivity contribution in [2.75, 3.05) is 19.4 Å². The number of carbonyl (C=O) groups excluding carboxylic acids is 2. The van der Waals surface area contributed by atoms with Crippen molar-refractivity contribution >= 4 is 35.2 Å². The van der Waals surface area contributed by atoms with Crippen molar-refractivity contribution in [3.8, 4) is 0 Å². The lowest BCUT2D eigenvalue weighted by molar-refractivity contribution is -0.140. The number of halogens is 1. The van der Waals surface area contributed by atoms with E-state index in [0.717, 1.165) is 18.6 Å². The third kappa shape index (κ3) is 3.91. The molecule has 1 saturated heterocycles. The van der Waals surface area contributed by atoms with Crippen LogP contribution in [-0.4, -0.2) is 41.9 Å². The second-order valence-electron chi connectivity index (χ2n) is 3.24. The Bertz CT molecular complexity index is 244. The predicted octanol–water partition coefficient (Wildman–Crippen LogP) is 0.779. The topological polar surface area (TPSA) is 55.4 Å². The van der Waals surface area contributed by atoms with Gasteiger partial charge in [0.15, 0.2) is 0 Å². The number of amides is 1. The minimum Gasteiger partial charge on any atom is -0.468 e. The maximum atomic E-state index is 11.5. The Balaban J connectivity index is 2.24. The summed E-state index contributed by atoms with van der Waals surface area (Å²) in [5.41, 5.74) is 0. The Morgan fingerprint density at radius 1 is 1.67 bits per heavy atom. The monoisotopic (exact) mass is 251 g/mol. The number of methoxy groups -OCH3 is 1. The molecule has 0 aromatic heterocycles. The van der Waals surface area contributed by atoms with Crippen molar-refractivity contribution in [3.63, 3.8) is 0 Å². The summed E-state index contributed by atoms with van der Waals surface area (Å²) in [6, 6.07) is 0. The van der Waals surface area contributed by atoms with Crippen LogP contribution in [-0.2, 0) is 14.3 Å². The van der Waals surface area contributed by atoms with Gasteiger partial charge >= 0.3 is 5.97 Å². The molecule has 1 aliphatic heterocycles. The number of esters is 1. The second-order valence-corrected chi connectivity index (χ2v) is 5.07. The average Bonchev–Trinajstić information content (AvgIpc) is 2.77. The fourth-order valence-electron chi connectivity index (χ4n) is 1.30. The lowest BCUT2D eigenvalue weighted by atomic mass is 10.2. The molecule has 6 heteroatoms. The van der Waals surface area contributed by atoms with Gasteiger partial charge in [-0.15, -0.1) is 23.4 Å². The van der Waals surface area contributed by atoms with Gasteiger partial charge in [0, 0.05) is 6.54 Å². The average molecular weight is 252 g/mol. The molecule has 15 heavy (non-hydrogen) atoms. The molecule has 86 valence electrons. The van der Waals surface area contributed by atoms with E-state index < -0.39 is 11.3 Å². The van der Waals surface area contributed by atoms with Crippen LogP contribution >= 0.6 is 23.4 Å². The summed E-state index contributed by atoms with van der Waals surface area (Å²) >= 11 is 7.33. The highest BCUT2D eigenvalue weighted by Gasteiger charge is 2.24. The van der Waals surface area contributed by atoms with Crippen LogP contribution in [0.1, 0.15) is 12.8 Å². The van der Waals surface area contributed by atoms with Gasteiger partial charge in [-0.05, 0) is 18.6 Å². The summed E-state index contributed by atoms with van der Waals surface area (Å²) < 4.78 is 4.44. The summed E-state index contributed by atoms with van der Waals surface area (Å²) in [5, 5.41) is 1.87. The molecular weight excluding hydrogens is 238 g/mol. The van der Waals surface area contributed by atoms with Crippen molar-refractivity contribution in [2.45, 2.75) is 23.5 Å². The SMILES string of the molecule is COC(=O)C(Cl)CNC(=O)C1CCCS1. The molecule has 1 fully saturated rings. The highest BCUT2D eigenvalue weighted by atomic mass is 35.5. The first-order valence-corrected chi connectivity index (χ1v) is 6.25. The Morgan fingerprint density at radius 3 is 2.93 bits per heavy atom. The molecule has 4 nitrogen and oxygen atoms in total. The standard InChI is InChI=1S/C9H14ClNO3S/c1-14-9(13)6(10)5-11-8(12)7-3-2-4-15-7/h6-7H,2-5H2,1H3,(H,11,12). The molecule has 1 heterocycles. The molecule has 1 amide bonds. The van der Waals surface area contributed by atoms with E-state index in [1.807, 2.05) is 0 Å². The van der Waals surface area contributed by atoms with Gasteiger partial charge in [0.2, 0.25) is 5.91 Å². The van der Waals surface area contributed by atoms with Crippen LogP contribution in [0.4, 0.5) is 0 Å². The lowest BCUT2D eigenvalue weighted by Gasteiger charge is -2.11. The molecule has 0 aromatic rings. The quantitative estimate of drug-likeness (QED) is 0.593. The second kappa shape index (κ2) is 6.23. The van der Waals surface area contributed by atoms with Crippen molar-refractivity contribution in [3.05, 3.63) is 0 Å². The molecule has 0 bridgehead atoms. The van der Waals surface area contributed by atoms with Crippen LogP contribution in [0.25, 0.3) is 0 Å². The Labute approximate surface area is 98.1 Å². The van der Waals surface area contributed by atoms with Gasteiger partial charge in [-0.1, -0.05) is 0 Å². The first-order valence-electron chi connectivity index (χ1n) is 4.76. The third-order valence-electron chi connectivity index (χ3n) is 2.13. The van der Waals surface area contributed by atoms with E-state index in [2.05, 4.69) is 10.1 Å². The highest BCUT2D eigenvalue weighted by Crippen LogP contribution is 2.25. The first kappa shape index (κ1) is 12.6. The summed E-state index contributed by atoms with van der Waals surface area (Å²) in [4.78, 5) is 22.5. The normalized spacial score (nSPS) is 22.1. The molecule has 2 unspecified atom stereocenters. The molecular formula is C9H14ClNO3S. The zero-order valence-electron chi connectivity index (χ0n) is 8.49. The van der Waals surface area contributed by atoms with E-state index in [-0.39, 0.29) is 17.7 Å². The van der Waals surface area contributed by atoms with E-state index in [0.29, 0.717) is 0 Å². The number of ether oxygens (including phenoxy) is 1. The van der Waals surface area contributed by atoms with Gasteiger partial charge in [-0.3, -0.25) is 9.59 Å². The minimum atomic E-state index is -0.801. The van der Waals surface area contributed by atoms with Crippen LogP contribution < -0.4 is 5.32 Å². The Hall–Kier alpha value is -0.420. The largest absolute Gasteiger partial charge is 0.468 e. The van der Waals surface area contributed by atoms with E-state index >= 15 is 0 Å². The van der Waals surface area contributed by atoms with Crippen LogP contribution in [0, 0.1) is 0 Å². The molecule has 0 aromatic carbocycles. The molecule has 0 saturated carbocycles. The number of hydrogen-bond donors (Lipinski definition) is 1. The van der Waals surface area contributed by atoms with Crippen molar-refractivity contribution in [1.29, 1.82) is 0 Å². The van der Waals surface area contributed by atoms with E-state index in [9.17, 15) is 9.59 Å². The number of nitrogens with one attached hydrogen (secondary N) is 1. The number of thioether (sulfide) groups is 1. The molecule has 2 atom stereocenters. The molecule has 0 spiro atoms. The zero-order valence-corrected chi connectivity index (χ0v) is 10.1. The van der Waals surface area contributed by atoms with E-state index in [4.69, 9.17) is 11.6 Å². The van der Waals surface area contributed by atoms with Gasteiger partial charge in [0.05, 0.1) is 12.4 Å². The molecule has 1 N–H and O–H groups in total. The maximum Gasteiger partial charge on any atom is 0.325 e. The van der Waals surface area contributed by atoms with Crippen molar-refractivity contribution < 1.29 is 14.3 Å². The molecule has 1 aliphatic rings. The van der Waals surface area contributed by atoms with Gasteiger partial charge in [-0.2, -0.15) is 0 Å². The Kier molecular flexibility index (Phi) is 5.25. The Morgan fingerprint density at radius 2 is 2.40 bits per heavy atom. The van der Waals surface area contributed by atoms with Crippen LogP contribution in [0.3, 0.4) is 0 Å². The third-order valence-corrected chi connectivity index (χ3v) is 3.84. The zero-order chi connectivity index (χ0) is 11.3. The van der Waals surface area contributed by atoms with Crippen molar-refractivity contribution in [2.24, 2.45) is 0 Å². The predicted molar refractivity (Wildman–Crippen MR) is 60.1 cm³/mol. The minimum absolute atomic E-state index is 0.0199. The fourth-order valence-corrected chi connectivity index (χ4v) is 2.65. The van der Waals surface area contributed by atoms with Gasteiger partial charge in [0.25, 0.3) is 0 Å². The van der Waals surface area contributed by atoms with Crippen LogP contribution in [0.5, 0.6) is 0 Å². The summed E-state index contributed by atoms with van der Waals surface area (Å²) in [5.74, 6) is 0.474. The van der Waals surface area contributed by atoms with Gasteiger partial charge in [-0.25, -0.2) is 0 Å².